The van der Waals surface area contributed by atoms with Crippen LogP contribution in [0.25, 0.3) is 10.8 Å². The molecule has 0 saturated carbocycles. The third-order valence-corrected chi connectivity index (χ3v) is 3.56. The van der Waals surface area contributed by atoms with Crippen LogP contribution in [-0.4, -0.2) is 33.5 Å². The molecule has 0 radical (unpaired) electrons. The van der Waals surface area contributed by atoms with Crippen molar-refractivity contribution in [3.05, 3.63) is 48.0 Å². The molecule has 0 spiro atoms. The number of rotatable bonds is 9. The van der Waals surface area contributed by atoms with Crippen LogP contribution in [0.2, 0.25) is 0 Å². The molecule has 114 valence electrons. The molecule has 0 saturated heterocycles. The lowest BCUT2D eigenvalue weighted by Crippen LogP contribution is -2.27. The predicted octanol–water partition coefficient (Wildman–Crippen LogP) is 3.54. The molecule has 21 heavy (non-hydrogen) atoms. The third-order valence-electron chi connectivity index (χ3n) is 3.56. The summed E-state index contributed by atoms with van der Waals surface area (Å²) >= 11 is 0. The van der Waals surface area contributed by atoms with E-state index in [1.807, 2.05) is 0 Å². The summed E-state index contributed by atoms with van der Waals surface area (Å²) in [6, 6.07) is 15.2. The van der Waals surface area contributed by atoms with E-state index in [2.05, 4.69) is 54.7 Å². The largest absolute Gasteiger partial charge is 0.382 e. The van der Waals surface area contributed by atoms with E-state index in [-0.39, 0.29) is 6.04 Å². The SMILES string of the molecule is CCCNC(COCCOC)c1cccc2ccccc12. The van der Waals surface area contributed by atoms with Crippen LogP contribution in [0.3, 0.4) is 0 Å². The molecular weight excluding hydrogens is 262 g/mol. The van der Waals surface area contributed by atoms with Gasteiger partial charge in [0.25, 0.3) is 0 Å². The van der Waals surface area contributed by atoms with E-state index >= 15 is 0 Å². The second-order valence-electron chi connectivity index (χ2n) is 5.14. The second-order valence-corrected chi connectivity index (χ2v) is 5.14. The molecule has 3 heteroatoms. The Morgan fingerprint density at radius 1 is 1.05 bits per heavy atom. The van der Waals surface area contributed by atoms with E-state index in [4.69, 9.17) is 9.47 Å². The first-order valence-corrected chi connectivity index (χ1v) is 7.64. The van der Waals surface area contributed by atoms with Crippen LogP contribution in [0, 0.1) is 0 Å². The minimum Gasteiger partial charge on any atom is -0.382 e. The van der Waals surface area contributed by atoms with Crippen molar-refractivity contribution in [2.45, 2.75) is 19.4 Å². The fourth-order valence-corrected chi connectivity index (χ4v) is 2.47. The second kappa shape index (κ2) is 8.78. The summed E-state index contributed by atoms with van der Waals surface area (Å²) in [5.41, 5.74) is 1.30. The van der Waals surface area contributed by atoms with Crippen molar-refractivity contribution in [3.8, 4) is 0 Å². The Labute approximate surface area is 127 Å². The van der Waals surface area contributed by atoms with Crippen LogP contribution in [0.1, 0.15) is 24.9 Å². The summed E-state index contributed by atoms with van der Waals surface area (Å²) in [5, 5.41) is 6.16. The Morgan fingerprint density at radius 2 is 1.86 bits per heavy atom. The number of benzene rings is 2. The van der Waals surface area contributed by atoms with Gasteiger partial charge in [-0.1, -0.05) is 49.4 Å². The molecular formula is C18H25NO2. The van der Waals surface area contributed by atoms with Gasteiger partial charge in [-0.25, -0.2) is 0 Å². The molecule has 2 rings (SSSR count). The van der Waals surface area contributed by atoms with Crippen LogP contribution < -0.4 is 5.32 Å². The molecule has 0 fully saturated rings. The van der Waals surface area contributed by atoms with Gasteiger partial charge in [-0.15, -0.1) is 0 Å². The Hall–Kier alpha value is -1.42. The highest BCUT2D eigenvalue weighted by Gasteiger charge is 2.13. The van der Waals surface area contributed by atoms with Gasteiger partial charge in [0.1, 0.15) is 0 Å². The van der Waals surface area contributed by atoms with Crippen molar-refractivity contribution < 1.29 is 9.47 Å². The first-order valence-electron chi connectivity index (χ1n) is 7.64. The molecule has 1 atom stereocenters. The van der Waals surface area contributed by atoms with Gasteiger partial charge in [-0.2, -0.15) is 0 Å². The zero-order chi connectivity index (χ0) is 14.9. The maximum absolute atomic E-state index is 5.75. The lowest BCUT2D eigenvalue weighted by atomic mass is 9.99. The number of nitrogens with one attached hydrogen (secondary N) is 1. The van der Waals surface area contributed by atoms with E-state index < -0.39 is 0 Å². The maximum atomic E-state index is 5.75. The average molecular weight is 287 g/mol. The summed E-state index contributed by atoms with van der Waals surface area (Å²) in [6.45, 7) is 5.10. The summed E-state index contributed by atoms with van der Waals surface area (Å²) < 4.78 is 10.8. The first kappa shape index (κ1) is 16.0. The summed E-state index contributed by atoms with van der Waals surface area (Å²) in [6.07, 6.45) is 1.11. The molecule has 1 unspecified atom stereocenters. The Balaban J connectivity index is 2.17. The van der Waals surface area contributed by atoms with E-state index in [0.29, 0.717) is 19.8 Å². The molecule has 2 aromatic carbocycles. The van der Waals surface area contributed by atoms with E-state index in [1.54, 1.807) is 7.11 Å². The van der Waals surface area contributed by atoms with Gasteiger partial charge in [0.15, 0.2) is 0 Å². The molecule has 0 bridgehead atoms. The molecule has 0 aliphatic heterocycles. The van der Waals surface area contributed by atoms with Crippen molar-refractivity contribution in [1.82, 2.24) is 5.32 Å². The Morgan fingerprint density at radius 3 is 2.67 bits per heavy atom. The molecule has 0 aromatic heterocycles. The van der Waals surface area contributed by atoms with Crippen LogP contribution in [0.4, 0.5) is 0 Å². The van der Waals surface area contributed by atoms with Gasteiger partial charge >= 0.3 is 0 Å². The van der Waals surface area contributed by atoms with Crippen molar-refractivity contribution in [1.29, 1.82) is 0 Å². The molecule has 0 amide bonds. The van der Waals surface area contributed by atoms with Gasteiger partial charge in [0, 0.05) is 7.11 Å². The van der Waals surface area contributed by atoms with Crippen LogP contribution in [0.5, 0.6) is 0 Å². The highest BCUT2D eigenvalue weighted by Crippen LogP contribution is 2.24. The molecule has 3 nitrogen and oxygen atoms in total. The number of hydrogen-bond acceptors (Lipinski definition) is 3. The first-order chi connectivity index (χ1) is 10.4. The Kier molecular flexibility index (Phi) is 6.67. The maximum Gasteiger partial charge on any atom is 0.0701 e. The van der Waals surface area contributed by atoms with Gasteiger partial charge in [-0.05, 0) is 29.3 Å². The molecule has 0 aliphatic rings. The predicted molar refractivity (Wildman–Crippen MR) is 87.7 cm³/mol. The van der Waals surface area contributed by atoms with E-state index in [1.165, 1.54) is 16.3 Å². The zero-order valence-corrected chi connectivity index (χ0v) is 13.0. The highest BCUT2D eigenvalue weighted by molar-refractivity contribution is 5.86. The standard InChI is InChI=1S/C18H25NO2/c1-3-11-19-18(14-21-13-12-20-2)17-10-6-8-15-7-4-5-9-16(15)17/h4-10,18-19H,3,11-14H2,1-2H3. The Bertz CT molecular complexity index is 536. The zero-order valence-electron chi connectivity index (χ0n) is 13.0. The van der Waals surface area contributed by atoms with Gasteiger partial charge < -0.3 is 14.8 Å². The molecule has 0 heterocycles. The van der Waals surface area contributed by atoms with Gasteiger partial charge in [0.2, 0.25) is 0 Å². The number of hydrogen-bond donors (Lipinski definition) is 1. The number of methoxy groups -OCH3 is 1. The van der Waals surface area contributed by atoms with Crippen molar-refractivity contribution in [2.75, 3.05) is 33.5 Å². The van der Waals surface area contributed by atoms with E-state index in [0.717, 1.165) is 13.0 Å². The normalized spacial score (nSPS) is 12.7. The number of fused-ring (bicyclic) bond motifs is 1. The van der Waals surface area contributed by atoms with Crippen LogP contribution in [0.15, 0.2) is 42.5 Å². The average Bonchev–Trinajstić information content (AvgIpc) is 2.54. The summed E-state index contributed by atoms with van der Waals surface area (Å²) in [4.78, 5) is 0. The molecule has 1 N–H and O–H groups in total. The minimum absolute atomic E-state index is 0.216. The van der Waals surface area contributed by atoms with Gasteiger partial charge in [-0.3, -0.25) is 0 Å². The minimum atomic E-state index is 0.216. The smallest absolute Gasteiger partial charge is 0.0701 e. The third kappa shape index (κ3) is 4.53. The fourth-order valence-electron chi connectivity index (χ4n) is 2.47. The van der Waals surface area contributed by atoms with Gasteiger partial charge in [0.05, 0.1) is 25.9 Å². The lowest BCUT2D eigenvalue weighted by Gasteiger charge is -2.21. The summed E-state index contributed by atoms with van der Waals surface area (Å²) in [7, 11) is 1.70. The fraction of sp³-hybridized carbons (Fsp3) is 0.444. The molecule has 2 aromatic rings. The molecule has 0 aliphatic carbocycles. The summed E-state index contributed by atoms with van der Waals surface area (Å²) in [5.74, 6) is 0. The monoisotopic (exact) mass is 287 g/mol. The van der Waals surface area contributed by atoms with E-state index in [9.17, 15) is 0 Å². The van der Waals surface area contributed by atoms with Crippen molar-refractivity contribution >= 4 is 10.8 Å². The van der Waals surface area contributed by atoms with Crippen molar-refractivity contribution in [3.63, 3.8) is 0 Å². The number of ether oxygens (including phenoxy) is 2. The quantitative estimate of drug-likeness (QED) is 0.716. The van der Waals surface area contributed by atoms with Crippen LogP contribution in [-0.2, 0) is 9.47 Å². The van der Waals surface area contributed by atoms with Crippen LogP contribution >= 0.6 is 0 Å². The van der Waals surface area contributed by atoms with Crippen molar-refractivity contribution in [2.24, 2.45) is 0 Å². The highest BCUT2D eigenvalue weighted by atomic mass is 16.5. The topological polar surface area (TPSA) is 30.5 Å². The lowest BCUT2D eigenvalue weighted by molar-refractivity contribution is 0.0588.